The van der Waals surface area contributed by atoms with E-state index in [0.717, 1.165) is 42.5 Å². The van der Waals surface area contributed by atoms with Crippen LogP contribution in [0.4, 0.5) is 0 Å². The third kappa shape index (κ3) is 7.44. The molecule has 0 saturated carbocycles. The summed E-state index contributed by atoms with van der Waals surface area (Å²) in [7, 11) is 10.7. The van der Waals surface area contributed by atoms with Gasteiger partial charge in [-0.2, -0.15) is 0 Å². The third-order valence-electron chi connectivity index (χ3n) is 7.59. The number of rotatable bonds is 14. The first-order valence-electron chi connectivity index (χ1n) is 13.8. The molecule has 2 amide bonds. The van der Waals surface area contributed by atoms with Gasteiger partial charge in [-0.3, -0.25) is 9.59 Å². The molecule has 0 aliphatic carbocycles. The van der Waals surface area contributed by atoms with Crippen LogP contribution >= 0.6 is 0 Å². The molecule has 0 unspecified atom stereocenters. The summed E-state index contributed by atoms with van der Waals surface area (Å²) < 4.78 is 16.4. The molecule has 8 heteroatoms. The maximum absolute atomic E-state index is 13.5. The normalized spacial score (nSPS) is 17.6. The molecule has 39 heavy (non-hydrogen) atoms. The fourth-order valence-corrected chi connectivity index (χ4v) is 5.20. The highest BCUT2D eigenvalue weighted by Crippen LogP contribution is 2.41. The van der Waals surface area contributed by atoms with Crippen molar-refractivity contribution in [3.63, 3.8) is 0 Å². The number of piperazine rings is 1. The summed E-state index contributed by atoms with van der Waals surface area (Å²) in [5.74, 6) is 1.76. The Morgan fingerprint density at radius 3 is 1.95 bits per heavy atom. The second-order valence-corrected chi connectivity index (χ2v) is 10.6. The first-order chi connectivity index (χ1) is 18.7. The number of methoxy groups -OCH3 is 3. The van der Waals surface area contributed by atoms with Gasteiger partial charge in [-0.05, 0) is 69.2 Å². The molecular formula is C31H45N3O5. The quantitative estimate of drug-likeness (QED) is 0.330. The summed E-state index contributed by atoms with van der Waals surface area (Å²) in [6.07, 6.45) is 6.00. The molecule has 214 valence electrons. The molecule has 0 bridgehead atoms. The van der Waals surface area contributed by atoms with Crippen LogP contribution in [0.25, 0.3) is 11.1 Å². The molecule has 1 saturated heterocycles. The first kappa shape index (κ1) is 30.3. The molecule has 1 fully saturated rings. The van der Waals surface area contributed by atoms with Crippen LogP contribution in [0.5, 0.6) is 17.2 Å². The molecule has 0 radical (unpaired) electrons. The molecule has 2 aromatic rings. The molecule has 2 atom stereocenters. The van der Waals surface area contributed by atoms with Gasteiger partial charge in [-0.1, -0.05) is 43.5 Å². The number of carbonyl (C=O) groups excluding carboxylic acids is 2. The number of ether oxygens (including phenoxy) is 3. The number of nitrogens with zero attached hydrogens (tertiary/aromatic N) is 3. The highest BCUT2D eigenvalue weighted by atomic mass is 16.5. The molecule has 0 aromatic heterocycles. The monoisotopic (exact) mass is 539 g/mol. The summed E-state index contributed by atoms with van der Waals surface area (Å²) >= 11 is 0. The zero-order valence-electron chi connectivity index (χ0n) is 24.7. The van der Waals surface area contributed by atoms with E-state index in [1.54, 1.807) is 38.2 Å². The SMILES string of the molecule is COc1cc(-c2ccc(C[C@H]3C(=O)N(CCCCCCCN(C)C)[C@@H](C)C(=O)N3C)cc2)cc(OC)c1OC. The van der Waals surface area contributed by atoms with E-state index in [2.05, 4.69) is 19.0 Å². The van der Waals surface area contributed by atoms with Crippen LogP contribution in [0.3, 0.4) is 0 Å². The molecule has 1 heterocycles. The maximum atomic E-state index is 13.5. The molecule has 8 nitrogen and oxygen atoms in total. The van der Waals surface area contributed by atoms with Crippen molar-refractivity contribution in [1.29, 1.82) is 0 Å². The van der Waals surface area contributed by atoms with Crippen LogP contribution in [0.2, 0.25) is 0 Å². The molecular weight excluding hydrogens is 494 g/mol. The maximum Gasteiger partial charge on any atom is 0.246 e. The van der Waals surface area contributed by atoms with E-state index in [-0.39, 0.29) is 11.8 Å². The van der Waals surface area contributed by atoms with Gasteiger partial charge in [0.05, 0.1) is 21.3 Å². The van der Waals surface area contributed by atoms with Crippen LogP contribution in [0, 0.1) is 0 Å². The Morgan fingerprint density at radius 2 is 1.38 bits per heavy atom. The van der Waals surface area contributed by atoms with Crippen molar-refractivity contribution < 1.29 is 23.8 Å². The molecule has 0 spiro atoms. The standard InChI is InChI=1S/C31H45N3O5/c1-22-30(35)33(4)26(31(36)34(22)18-12-10-8-9-11-17-32(2)3)19-23-13-15-24(16-14-23)25-20-27(37-5)29(39-7)28(21-25)38-6/h13-16,20-22,26H,8-12,17-19H2,1-7H3/t22-,26-/m0/s1. The molecule has 3 rings (SSSR count). The van der Waals surface area contributed by atoms with Gasteiger partial charge in [0, 0.05) is 20.0 Å². The van der Waals surface area contributed by atoms with E-state index in [9.17, 15) is 9.59 Å². The van der Waals surface area contributed by atoms with Gasteiger partial charge >= 0.3 is 0 Å². The number of hydrogen-bond acceptors (Lipinski definition) is 6. The second-order valence-electron chi connectivity index (χ2n) is 10.6. The van der Waals surface area contributed by atoms with E-state index in [1.165, 1.54) is 12.8 Å². The van der Waals surface area contributed by atoms with Crippen LogP contribution < -0.4 is 14.2 Å². The Kier molecular flexibility index (Phi) is 11.0. The second kappa shape index (κ2) is 14.2. The summed E-state index contributed by atoms with van der Waals surface area (Å²) in [6, 6.07) is 11.0. The topological polar surface area (TPSA) is 71.6 Å². The highest BCUT2D eigenvalue weighted by molar-refractivity contribution is 5.96. The van der Waals surface area contributed by atoms with E-state index < -0.39 is 12.1 Å². The van der Waals surface area contributed by atoms with Crippen molar-refractivity contribution >= 4 is 11.8 Å². The average molecular weight is 540 g/mol. The van der Waals surface area contributed by atoms with E-state index >= 15 is 0 Å². The van der Waals surface area contributed by atoms with Gasteiger partial charge in [-0.25, -0.2) is 0 Å². The zero-order valence-corrected chi connectivity index (χ0v) is 24.7. The summed E-state index contributed by atoms with van der Waals surface area (Å²) in [5.41, 5.74) is 2.91. The summed E-state index contributed by atoms with van der Waals surface area (Å²) in [5, 5.41) is 0. The Morgan fingerprint density at radius 1 is 0.795 bits per heavy atom. The van der Waals surface area contributed by atoms with Crippen molar-refractivity contribution in [3.8, 4) is 28.4 Å². The van der Waals surface area contributed by atoms with E-state index in [0.29, 0.717) is 30.2 Å². The smallest absolute Gasteiger partial charge is 0.246 e. The highest BCUT2D eigenvalue weighted by Gasteiger charge is 2.41. The molecule has 1 aliphatic heterocycles. The third-order valence-corrected chi connectivity index (χ3v) is 7.59. The number of benzene rings is 2. The number of likely N-dealkylation sites (N-methyl/N-ethyl adjacent to an activating group) is 1. The summed E-state index contributed by atoms with van der Waals surface area (Å²) in [6.45, 7) is 3.58. The van der Waals surface area contributed by atoms with Crippen molar-refractivity contribution in [2.45, 2.75) is 57.5 Å². The predicted octanol–water partition coefficient (Wildman–Crippen LogP) is 4.49. The average Bonchev–Trinajstić information content (AvgIpc) is 2.94. The van der Waals surface area contributed by atoms with E-state index in [4.69, 9.17) is 14.2 Å². The van der Waals surface area contributed by atoms with Crippen LogP contribution in [-0.4, -0.2) is 94.2 Å². The zero-order chi connectivity index (χ0) is 28.5. The van der Waals surface area contributed by atoms with Gasteiger partial charge < -0.3 is 28.9 Å². The molecule has 0 N–H and O–H groups in total. The number of amides is 2. The van der Waals surface area contributed by atoms with E-state index in [1.807, 2.05) is 43.3 Å². The summed E-state index contributed by atoms with van der Waals surface area (Å²) in [4.78, 5) is 32.2. The number of hydrogen-bond donors (Lipinski definition) is 0. The van der Waals surface area contributed by atoms with Crippen molar-refractivity contribution in [2.24, 2.45) is 0 Å². The van der Waals surface area contributed by atoms with Crippen LogP contribution in [0.1, 0.15) is 44.6 Å². The Bertz CT molecular complexity index is 1080. The fraction of sp³-hybridized carbons (Fsp3) is 0.548. The van der Waals surface area contributed by atoms with Gasteiger partial charge in [0.2, 0.25) is 17.6 Å². The first-order valence-corrected chi connectivity index (χ1v) is 13.8. The lowest BCUT2D eigenvalue weighted by atomic mass is 9.96. The van der Waals surface area contributed by atoms with Crippen molar-refractivity contribution in [1.82, 2.24) is 14.7 Å². The lowest BCUT2D eigenvalue weighted by molar-refractivity contribution is -0.159. The minimum atomic E-state index is -0.499. The lowest BCUT2D eigenvalue weighted by Gasteiger charge is -2.42. The molecule has 2 aromatic carbocycles. The minimum absolute atomic E-state index is 0.000346. The Hall–Kier alpha value is -3.26. The minimum Gasteiger partial charge on any atom is -0.493 e. The largest absolute Gasteiger partial charge is 0.493 e. The van der Waals surface area contributed by atoms with Gasteiger partial charge in [0.15, 0.2) is 11.5 Å². The number of unbranched alkanes of at least 4 members (excludes halogenated alkanes) is 4. The van der Waals surface area contributed by atoms with Gasteiger partial charge in [-0.15, -0.1) is 0 Å². The van der Waals surface area contributed by atoms with Crippen LogP contribution in [-0.2, 0) is 16.0 Å². The van der Waals surface area contributed by atoms with Crippen molar-refractivity contribution in [3.05, 3.63) is 42.0 Å². The Labute approximate surface area is 233 Å². The number of carbonyl (C=O) groups is 2. The predicted molar refractivity (Wildman–Crippen MR) is 155 cm³/mol. The molecule has 1 aliphatic rings. The van der Waals surface area contributed by atoms with Gasteiger partial charge in [0.1, 0.15) is 12.1 Å². The van der Waals surface area contributed by atoms with Crippen molar-refractivity contribution in [2.75, 3.05) is 55.6 Å². The van der Waals surface area contributed by atoms with Gasteiger partial charge in [0.25, 0.3) is 0 Å². The fourth-order valence-electron chi connectivity index (χ4n) is 5.20. The lowest BCUT2D eigenvalue weighted by Crippen LogP contribution is -2.63. The Balaban J connectivity index is 1.66. The van der Waals surface area contributed by atoms with Crippen LogP contribution in [0.15, 0.2) is 36.4 Å².